The van der Waals surface area contributed by atoms with Crippen LogP contribution < -0.4 is 0 Å². The topological polar surface area (TPSA) is 167 Å². The largest absolute Gasteiger partial charge is 0.309 e. The lowest BCUT2D eigenvalue weighted by Gasteiger charge is -2.20. The van der Waals surface area contributed by atoms with Gasteiger partial charge in [0.1, 0.15) is 0 Å². The lowest BCUT2D eigenvalue weighted by molar-refractivity contribution is 1.07. The van der Waals surface area contributed by atoms with Crippen LogP contribution in [0.2, 0.25) is 0 Å². The molecule has 0 aliphatic rings. The molecule has 0 bridgehead atoms. The molecule has 0 aliphatic heterocycles. The van der Waals surface area contributed by atoms with E-state index in [1.165, 1.54) is 0 Å². The molecule has 414 valence electrons. The van der Waals surface area contributed by atoms with Crippen molar-refractivity contribution in [3.8, 4) is 132 Å². The van der Waals surface area contributed by atoms with Crippen molar-refractivity contribution in [1.29, 1.82) is 26.3 Å². The highest BCUT2D eigenvalue weighted by Gasteiger charge is 2.25. The Morgan fingerprint density at radius 1 is 0.222 bits per heavy atom. The standard InChI is InChI=1S/C80H44N10/c81-45-50-11-7-19-57(35-50)61-24-30-73-68(40-61)69-41-62(58-20-8-12-51(36-58)46-82)25-31-74(69)89(73)72-34-28-65(80-87-78(55-15-3-1-4-16-55)86-79(88-80)56-17-5-2-6-18-56)44-67(72)66-29-23-54(49-85)39-77(66)90-75-32-26-63(59-21-9-13-52(37-59)47-83)42-70(75)71-43-64(27-33-76(71)90)60-22-10-14-53(38-60)48-84/h1-44H. The molecule has 0 spiro atoms. The summed E-state index contributed by atoms with van der Waals surface area (Å²) in [5.41, 5.74) is 19.1. The first-order chi connectivity index (χ1) is 44.3. The van der Waals surface area contributed by atoms with Crippen molar-refractivity contribution in [2.45, 2.75) is 0 Å². The molecule has 90 heavy (non-hydrogen) atoms. The third-order valence-corrected chi connectivity index (χ3v) is 16.7. The molecule has 12 aromatic carbocycles. The summed E-state index contributed by atoms with van der Waals surface area (Å²) >= 11 is 0. The van der Waals surface area contributed by atoms with Crippen molar-refractivity contribution in [2.75, 3.05) is 0 Å². The van der Waals surface area contributed by atoms with Crippen LogP contribution in [0.5, 0.6) is 0 Å². The molecule has 10 nitrogen and oxygen atoms in total. The Hall–Kier alpha value is -13.3. The summed E-state index contributed by atoms with van der Waals surface area (Å²) in [6.07, 6.45) is 0. The summed E-state index contributed by atoms with van der Waals surface area (Å²) in [6, 6.07) is 99.8. The Morgan fingerprint density at radius 2 is 0.533 bits per heavy atom. The Labute approximate surface area is 517 Å². The Bertz CT molecular complexity index is 5400. The van der Waals surface area contributed by atoms with Crippen LogP contribution >= 0.6 is 0 Å². The second kappa shape index (κ2) is 22.3. The van der Waals surface area contributed by atoms with Gasteiger partial charge < -0.3 is 9.13 Å². The van der Waals surface area contributed by atoms with Crippen molar-refractivity contribution in [3.63, 3.8) is 0 Å². The molecule has 3 aromatic heterocycles. The lowest BCUT2D eigenvalue weighted by atomic mass is 9.96. The minimum Gasteiger partial charge on any atom is -0.309 e. The van der Waals surface area contributed by atoms with Crippen molar-refractivity contribution in [3.05, 3.63) is 295 Å². The Balaban J connectivity index is 1.04. The molecular formula is C80H44N10. The molecule has 0 N–H and O–H groups in total. The maximum Gasteiger partial charge on any atom is 0.164 e. The molecular weight excluding hydrogens is 1100 g/mol. The van der Waals surface area contributed by atoms with Gasteiger partial charge in [-0.1, -0.05) is 140 Å². The number of rotatable bonds is 10. The summed E-state index contributed by atoms with van der Waals surface area (Å²) < 4.78 is 4.53. The van der Waals surface area contributed by atoms with Gasteiger partial charge in [-0.25, -0.2) is 15.0 Å². The Kier molecular flexibility index (Phi) is 13.2. The minimum atomic E-state index is 0.451. The fourth-order valence-electron chi connectivity index (χ4n) is 12.4. The SMILES string of the molecule is N#Cc1cccc(-c2ccc3c(c2)c2cc(-c4cccc(C#N)c4)ccc2n3-c2ccc(-c3nc(-c4ccccc4)nc(-c4ccccc4)n3)cc2-c2ccc(C#N)cc2-n2c3ccc(-c4cccc(C#N)c4)cc3c3cc(-c4cccc(C#N)c4)ccc32)c1. The van der Waals surface area contributed by atoms with Crippen LogP contribution in [0, 0.1) is 56.7 Å². The van der Waals surface area contributed by atoms with E-state index in [1.807, 2.05) is 164 Å². The third-order valence-electron chi connectivity index (χ3n) is 16.7. The van der Waals surface area contributed by atoms with E-state index in [2.05, 4.69) is 130 Å². The van der Waals surface area contributed by atoms with E-state index >= 15 is 0 Å². The summed E-state index contributed by atoms with van der Waals surface area (Å²) in [5.74, 6) is 1.49. The smallest absolute Gasteiger partial charge is 0.164 e. The second-order valence-electron chi connectivity index (χ2n) is 22.0. The number of hydrogen-bond acceptors (Lipinski definition) is 8. The van der Waals surface area contributed by atoms with Crippen LogP contribution in [0.25, 0.3) is 145 Å². The van der Waals surface area contributed by atoms with E-state index in [-0.39, 0.29) is 0 Å². The molecule has 3 heterocycles. The predicted octanol–water partition coefficient (Wildman–Crippen LogP) is 18.8. The average Bonchev–Trinajstić information content (AvgIpc) is 1.58. The minimum absolute atomic E-state index is 0.451. The van der Waals surface area contributed by atoms with E-state index in [0.29, 0.717) is 45.3 Å². The number of benzene rings is 12. The third kappa shape index (κ3) is 9.50. The molecule has 0 radical (unpaired) electrons. The first-order valence-electron chi connectivity index (χ1n) is 29.1. The van der Waals surface area contributed by atoms with Gasteiger partial charge in [-0.2, -0.15) is 26.3 Å². The molecule has 10 heteroatoms. The maximum absolute atomic E-state index is 10.9. The summed E-state index contributed by atoms with van der Waals surface area (Å²) in [7, 11) is 0. The molecule has 0 amide bonds. The fraction of sp³-hybridized carbons (Fsp3) is 0. The first kappa shape index (κ1) is 53.4. The van der Waals surface area contributed by atoms with Crippen molar-refractivity contribution in [1.82, 2.24) is 24.1 Å². The van der Waals surface area contributed by atoms with Gasteiger partial charge in [0.15, 0.2) is 17.5 Å². The normalized spacial score (nSPS) is 11.1. The molecule has 0 aliphatic carbocycles. The van der Waals surface area contributed by atoms with Gasteiger partial charge in [0.2, 0.25) is 0 Å². The molecule has 15 aromatic rings. The van der Waals surface area contributed by atoms with E-state index < -0.39 is 0 Å². The Morgan fingerprint density at radius 3 is 0.900 bits per heavy atom. The van der Waals surface area contributed by atoms with E-state index in [9.17, 15) is 26.3 Å². The predicted molar refractivity (Wildman–Crippen MR) is 356 cm³/mol. The molecule has 0 saturated carbocycles. The molecule has 0 saturated heterocycles. The number of hydrogen-bond donors (Lipinski definition) is 0. The van der Waals surface area contributed by atoms with Crippen molar-refractivity contribution >= 4 is 43.6 Å². The van der Waals surface area contributed by atoms with E-state index in [0.717, 1.165) is 127 Å². The first-order valence-corrected chi connectivity index (χ1v) is 29.1. The van der Waals surface area contributed by atoms with Crippen LogP contribution in [-0.2, 0) is 0 Å². The molecule has 0 unspecified atom stereocenters. The van der Waals surface area contributed by atoms with Gasteiger partial charge in [0, 0.05) is 49.4 Å². The maximum atomic E-state index is 10.9. The quantitative estimate of drug-likeness (QED) is 0.130. The summed E-state index contributed by atoms with van der Waals surface area (Å²) in [4.78, 5) is 15.5. The molecule has 15 rings (SSSR count). The van der Waals surface area contributed by atoms with Crippen LogP contribution in [0.1, 0.15) is 27.8 Å². The average molecular weight is 1150 g/mol. The zero-order chi connectivity index (χ0) is 60.8. The number of nitriles is 5. The van der Waals surface area contributed by atoms with Crippen LogP contribution in [0.3, 0.4) is 0 Å². The highest BCUT2D eigenvalue weighted by atomic mass is 15.0. The zero-order valence-electron chi connectivity index (χ0n) is 47.9. The van der Waals surface area contributed by atoms with E-state index in [4.69, 9.17) is 15.0 Å². The summed E-state index contributed by atoms with van der Waals surface area (Å²) in [6.45, 7) is 0. The lowest BCUT2D eigenvalue weighted by Crippen LogP contribution is -2.04. The van der Waals surface area contributed by atoms with Crippen molar-refractivity contribution < 1.29 is 0 Å². The molecule has 0 fully saturated rings. The van der Waals surface area contributed by atoms with Gasteiger partial charge in [-0.3, -0.25) is 0 Å². The van der Waals surface area contributed by atoms with Crippen LogP contribution in [0.15, 0.2) is 267 Å². The summed E-state index contributed by atoms with van der Waals surface area (Å²) in [5, 5.41) is 54.7. The van der Waals surface area contributed by atoms with Gasteiger partial charge in [0.05, 0.1) is 91.6 Å². The van der Waals surface area contributed by atoms with Gasteiger partial charge in [0.25, 0.3) is 0 Å². The second-order valence-corrected chi connectivity index (χ2v) is 22.0. The molecule has 0 atom stereocenters. The van der Waals surface area contributed by atoms with Gasteiger partial charge >= 0.3 is 0 Å². The van der Waals surface area contributed by atoms with E-state index in [1.54, 1.807) is 12.1 Å². The zero-order valence-corrected chi connectivity index (χ0v) is 47.9. The van der Waals surface area contributed by atoms with Crippen LogP contribution in [0.4, 0.5) is 0 Å². The van der Waals surface area contributed by atoms with Gasteiger partial charge in [-0.15, -0.1) is 0 Å². The van der Waals surface area contributed by atoms with Crippen molar-refractivity contribution in [2.24, 2.45) is 0 Å². The number of nitrogens with zero attached hydrogens (tertiary/aromatic N) is 10. The number of aromatic nitrogens is 5. The van der Waals surface area contributed by atoms with Gasteiger partial charge in [-0.05, 0) is 172 Å². The monoisotopic (exact) mass is 1140 g/mol. The highest BCUT2D eigenvalue weighted by Crippen LogP contribution is 2.45. The number of fused-ring (bicyclic) bond motifs is 6. The fourth-order valence-corrected chi connectivity index (χ4v) is 12.4. The highest BCUT2D eigenvalue weighted by molar-refractivity contribution is 6.14. The van der Waals surface area contributed by atoms with Crippen LogP contribution in [-0.4, -0.2) is 24.1 Å².